The molecular formula is C26H32F3NO2. The van der Waals surface area contributed by atoms with E-state index in [-0.39, 0.29) is 18.9 Å². The van der Waals surface area contributed by atoms with Crippen molar-refractivity contribution in [1.82, 2.24) is 4.90 Å². The maximum atomic E-state index is 12.9. The van der Waals surface area contributed by atoms with E-state index in [4.69, 9.17) is 4.74 Å². The van der Waals surface area contributed by atoms with Gasteiger partial charge in [-0.15, -0.1) is 0 Å². The third kappa shape index (κ3) is 5.11. The van der Waals surface area contributed by atoms with Gasteiger partial charge in [0.25, 0.3) is 0 Å². The van der Waals surface area contributed by atoms with Gasteiger partial charge in [0.15, 0.2) is 6.29 Å². The molecule has 0 N–H and O–H groups in total. The summed E-state index contributed by atoms with van der Waals surface area (Å²) in [6, 6.07) is 10.6. The summed E-state index contributed by atoms with van der Waals surface area (Å²) in [4.78, 5) is 14.5. The zero-order valence-corrected chi connectivity index (χ0v) is 18.7. The number of carbonyl (C=O) groups excluding carboxylic acids is 1. The van der Waals surface area contributed by atoms with Crippen LogP contribution in [0.15, 0.2) is 30.3 Å². The highest BCUT2D eigenvalue weighted by molar-refractivity contribution is 6.01. The molecule has 1 saturated heterocycles. The summed E-state index contributed by atoms with van der Waals surface area (Å²) in [6.07, 6.45) is 2.21. The highest BCUT2D eigenvalue weighted by Gasteiger charge is 2.41. The van der Waals surface area contributed by atoms with Gasteiger partial charge >= 0.3 is 6.18 Å². The van der Waals surface area contributed by atoms with Crippen molar-refractivity contribution in [2.24, 2.45) is 5.92 Å². The van der Waals surface area contributed by atoms with E-state index in [1.807, 2.05) is 12.1 Å². The zero-order valence-electron chi connectivity index (χ0n) is 18.7. The Kier molecular flexibility index (Phi) is 7.08. The van der Waals surface area contributed by atoms with Crippen molar-refractivity contribution >= 4 is 17.1 Å². The number of halogens is 3. The van der Waals surface area contributed by atoms with E-state index >= 15 is 0 Å². The van der Waals surface area contributed by atoms with E-state index in [0.717, 1.165) is 36.6 Å². The van der Waals surface area contributed by atoms with E-state index in [9.17, 15) is 18.0 Å². The number of carbonyl (C=O) groups is 1. The predicted octanol–water partition coefficient (Wildman–Crippen LogP) is 6.92. The van der Waals surface area contributed by atoms with Crippen molar-refractivity contribution in [3.05, 3.63) is 41.5 Å². The van der Waals surface area contributed by atoms with Crippen molar-refractivity contribution in [2.75, 3.05) is 6.54 Å². The first-order valence-corrected chi connectivity index (χ1v) is 11.9. The molecule has 1 aliphatic heterocycles. The fourth-order valence-electron chi connectivity index (χ4n) is 5.36. The Bertz CT molecular complexity index is 935. The SMILES string of the molecule is CCC1CCCCN1Cc1ccc2c(C=O)c(OC3CCC(C(F)(F)F)CC3)ccc2c1. The van der Waals surface area contributed by atoms with Crippen LogP contribution in [0.25, 0.3) is 10.8 Å². The molecule has 0 spiro atoms. The average molecular weight is 448 g/mol. The number of nitrogens with zero attached hydrogens (tertiary/aromatic N) is 1. The smallest absolute Gasteiger partial charge is 0.391 e. The Morgan fingerprint density at radius 2 is 1.84 bits per heavy atom. The van der Waals surface area contributed by atoms with Crippen molar-refractivity contribution in [3.8, 4) is 5.75 Å². The second kappa shape index (κ2) is 9.82. The molecule has 2 fully saturated rings. The molecule has 0 amide bonds. The van der Waals surface area contributed by atoms with Crippen LogP contribution in [0.1, 0.15) is 74.2 Å². The van der Waals surface area contributed by atoms with Gasteiger partial charge in [0, 0.05) is 12.6 Å². The topological polar surface area (TPSA) is 29.5 Å². The van der Waals surface area contributed by atoms with Crippen LogP contribution in [0.3, 0.4) is 0 Å². The van der Waals surface area contributed by atoms with Crippen molar-refractivity contribution in [2.45, 2.75) is 83.2 Å². The largest absolute Gasteiger partial charge is 0.490 e. The number of hydrogen-bond acceptors (Lipinski definition) is 3. The van der Waals surface area contributed by atoms with Crippen LogP contribution in [-0.2, 0) is 6.54 Å². The lowest BCUT2D eigenvalue weighted by molar-refractivity contribution is -0.185. The van der Waals surface area contributed by atoms with E-state index in [0.29, 0.717) is 30.2 Å². The second-order valence-electron chi connectivity index (χ2n) is 9.31. The highest BCUT2D eigenvalue weighted by atomic mass is 19.4. The number of likely N-dealkylation sites (tertiary alicyclic amines) is 1. The number of benzene rings is 2. The molecule has 0 bridgehead atoms. The Morgan fingerprint density at radius 1 is 1.06 bits per heavy atom. The van der Waals surface area contributed by atoms with Crippen LogP contribution in [-0.4, -0.2) is 36.1 Å². The molecular weight excluding hydrogens is 415 g/mol. The lowest BCUT2D eigenvalue weighted by Crippen LogP contribution is -2.38. The quantitative estimate of drug-likeness (QED) is 0.450. The molecule has 1 unspecified atom stereocenters. The van der Waals surface area contributed by atoms with Gasteiger partial charge in [0.2, 0.25) is 0 Å². The number of hydrogen-bond donors (Lipinski definition) is 0. The van der Waals surface area contributed by atoms with E-state index in [1.165, 1.54) is 24.8 Å². The molecule has 174 valence electrons. The Morgan fingerprint density at radius 3 is 2.53 bits per heavy atom. The summed E-state index contributed by atoms with van der Waals surface area (Å²) in [5.74, 6) is -0.770. The number of aldehydes is 1. The lowest BCUT2D eigenvalue weighted by Gasteiger charge is -2.35. The number of piperidine rings is 1. The van der Waals surface area contributed by atoms with Gasteiger partial charge in [-0.05, 0) is 80.0 Å². The molecule has 1 saturated carbocycles. The molecule has 3 nitrogen and oxygen atoms in total. The fourth-order valence-corrected chi connectivity index (χ4v) is 5.36. The van der Waals surface area contributed by atoms with Gasteiger partial charge in [-0.3, -0.25) is 9.69 Å². The van der Waals surface area contributed by atoms with E-state index in [2.05, 4.69) is 24.0 Å². The van der Waals surface area contributed by atoms with Gasteiger partial charge in [-0.1, -0.05) is 31.5 Å². The first-order valence-electron chi connectivity index (χ1n) is 11.9. The van der Waals surface area contributed by atoms with Crippen LogP contribution in [0, 0.1) is 5.92 Å². The molecule has 1 heterocycles. The first kappa shape index (κ1) is 23.1. The van der Waals surface area contributed by atoms with Crippen LogP contribution in [0.5, 0.6) is 5.75 Å². The monoisotopic (exact) mass is 447 g/mol. The Hall–Kier alpha value is -2.08. The third-order valence-electron chi connectivity index (χ3n) is 7.24. The van der Waals surface area contributed by atoms with Gasteiger partial charge in [0.1, 0.15) is 5.75 Å². The van der Waals surface area contributed by atoms with Gasteiger partial charge < -0.3 is 4.74 Å². The van der Waals surface area contributed by atoms with Gasteiger partial charge in [0.05, 0.1) is 17.6 Å². The Balaban J connectivity index is 1.48. The molecule has 2 aliphatic rings. The summed E-state index contributed by atoms with van der Waals surface area (Å²) in [7, 11) is 0. The van der Waals surface area contributed by atoms with Crippen molar-refractivity contribution in [3.63, 3.8) is 0 Å². The molecule has 1 atom stereocenters. The fraction of sp³-hybridized carbons (Fsp3) is 0.577. The summed E-state index contributed by atoms with van der Waals surface area (Å²) < 4.78 is 44.8. The minimum Gasteiger partial charge on any atom is -0.490 e. The summed E-state index contributed by atoms with van der Waals surface area (Å²) in [5.41, 5.74) is 1.71. The summed E-state index contributed by atoms with van der Waals surface area (Å²) >= 11 is 0. The molecule has 4 rings (SSSR count). The normalized spacial score (nSPS) is 25.1. The average Bonchev–Trinajstić information content (AvgIpc) is 2.79. The van der Waals surface area contributed by atoms with Crippen LogP contribution in [0.2, 0.25) is 0 Å². The molecule has 2 aromatic rings. The maximum Gasteiger partial charge on any atom is 0.391 e. The van der Waals surface area contributed by atoms with Crippen LogP contribution in [0.4, 0.5) is 13.2 Å². The molecule has 0 radical (unpaired) electrons. The number of alkyl halides is 3. The Labute approximate surface area is 187 Å². The predicted molar refractivity (Wildman–Crippen MR) is 120 cm³/mol. The lowest BCUT2D eigenvalue weighted by atomic mass is 9.87. The molecule has 2 aromatic carbocycles. The number of ether oxygens (including phenoxy) is 1. The number of rotatable bonds is 6. The molecule has 6 heteroatoms. The van der Waals surface area contributed by atoms with Crippen LogP contribution < -0.4 is 4.74 Å². The third-order valence-corrected chi connectivity index (χ3v) is 7.24. The standard InChI is InChI=1S/C26H32F3NO2/c1-2-21-5-3-4-14-30(21)16-18-6-12-23-19(15-18)7-13-25(24(23)17-31)32-22-10-8-20(9-11-22)26(27,28)29/h6-7,12-13,15,17,20-22H,2-5,8-11,14,16H2,1H3. The molecule has 32 heavy (non-hydrogen) atoms. The van der Waals surface area contributed by atoms with E-state index in [1.54, 1.807) is 6.07 Å². The second-order valence-corrected chi connectivity index (χ2v) is 9.31. The van der Waals surface area contributed by atoms with Crippen molar-refractivity contribution < 1.29 is 22.7 Å². The van der Waals surface area contributed by atoms with Gasteiger partial charge in [-0.25, -0.2) is 0 Å². The summed E-state index contributed by atoms with van der Waals surface area (Å²) in [5, 5.41) is 1.82. The van der Waals surface area contributed by atoms with Gasteiger partial charge in [-0.2, -0.15) is 13.2 Å². The molecule has 0 aromatic heterocycles. The van der Waals surface area contributed by atoms with Crippen molar-refractivity contribution in [1.29, 1.82) is 0 Å². The minimum absolute atomic E-state index is 0.0801. The van der Waals surface area contributed by atoms with Crippen LogP contribution >= 0.6 is 0 Å². The first-order chi connectivity index (χ1) is 15.4. The zero-order chi connectivity index (χ0) is 22.7. The molecule has 1 aliphatic carbocycles. The highest BCUT2D eigenvalue weighted by Crippen LogP contribution is 2.39. The minimum atomic E-state index is -4.13. The van der Waals surface area contributed by atoms with E-state index < -0.39 is 12.1 Å². The maximum absolute atomic E-state index is 12.9. The number of fused-ring (bicyclic) bond motifs is 1. The summed E-state index contributed by atoms with van der Waals surface area (Å²) in [6.45, 7) is 4.28.